The van der Waals surface area contributed by atoms with Gasteiger partial charge in [-0.3, -0.25) is 0 Å². The van der Waals surface area contributed by atoms with E-state index >= 15 is 0 Å². The van der Waals surface area contributed by atoms with Crippen LogP contribution in [0.2, 0.25) is 0 Å². The Labute approximate surface area is 117 Å². The Morgan fingerprint density at radius 2 is 2.17 bits per heavy atom. The van der Waals surface area contributed by atoms with Crippen LogP contribution in [0.25, 0.3) is 0 Å². The van der Waals surface area contributed by atoms with Crippen molar-refractivity contribution in [1.82, 2.24) is 0 Å². The zero-order chi connectivity index (χ0) is 13.1. The molecule has 1 aliphatic carbocycles. The number of hydrogen-bond acceptors (Lipinski definition) is 1. The molecule has 1 nitrogen and oxygen atoms in total. The molecule has 0 radical (unpaired) electrons. The SMILES string of the molecule is Cc1cc(Br)c(F)cc1NCC1CCCC(C)C1. The van der Waals surface area contributed by atoms with Gasteiger partial charge in [-0.05, 0) is 65.2 Å². The highest BCUT2D eigenvalue weighted by atomic mass is 79.9. The molecule has 3 heteroatoms. The van der Waals surface area contributed by atoms with Gasteiger partial charge in [0.2, 0.25) is 0 Å². The highest BCUT2D eigenvalue weighted by Gasteiger charge is 2.18. The lowest BCUT2D eigenvalue weighted by Crippen LogP contribution is -2.21. The summed E-state index contributed by atoms with van der Waals surface area (Å²) in [6.45, 7) is 5.30. The summed E-state index contributed by atoms with van der Waals surface area (Å²) in [5.41, 5.74) is 2.01. The molecule has 0 spiro atoms. The molecule has 1 aliphatic rings. The molecule has 0 bridgehead atoms. The Kier molecular flexibility index (Phi) is 4.66. The molecular formula is C15H21BrFN. The van der Waals surface area contributed by atoms with Crippen molar-refractivity contribution < 1.29 is 4.39 Å². The van der Waals surface area contributed by atoms with Crippen LogP contribution < -0.4 is 5.32 Å². The van der Waals surface area contributed by atoms with E-state index in [1.54, 1.807) is 6.07 Å². The summed E-state index contributed by atoms with van der Waals surface area (Å²) < 4.78 is 14.0. The van der Waals surface area contributed by atoms with Crippen molar-refractivity contribution in [2.45, 2.75) is 39.5 Å². The molecule has 2 unspecified atom stereocenters. The summed E-state index contributed by atoms with van der Waals surface area (Å²) in [7, 11) is 0. The van der Waals surface area contributed by atoms with E-state index in [0.717, 1.165) is 29.6 Å². The first-order chi connectivity index (χ1) is 8.56. The molecule has 0 saturated heterocycles. The van der Waals surface area contributed by atoms with Crippen molar-refractivity contribution in [2.24, 2.45) is 11.8 Å². The van der Waals surface area contributed by atoms with Crippen LogP contribution >= 0.6 is 15.9 Å². The molecule has 2 rings (SSSR count). The second kappa shape index (κ2) is 6.05. The second-order valence-corrected chi connectivity index (χ2v) is 6.45. The topological polar surface area (TPSA) is 12.0 Å². The molecule has 0 amide bonds. The molecule has 1 fully saturated rings. The first-order valence-electron chi connectivity index (χ1n) is 6.75. The van der Waals surface area contributed by atoms with Gasteiger partial charge in [0.05, 0.1) is 4.47 Å². The first kappa shape index (κ1) is 13.9. The number of hydrogen-bond donors (Lipinski definition) is 1. The van der Waals surface area contributed by atoms with E-state index in [1.807, 2.05) is 13.0 Å². The molecule has 0 aromatic heterocycles. The summed E-state index contributed by atoms with van der Waals surface area (Å²) in [4.78, 5) is 0. The van der Waals surface area contributed by atoms with Crippen molar-refractivity contribution in [3.8, 4) is 0 Å². The van der Waals surface area contributed by atoms with Crippen molar-refractivity contribution in [1.29, 1.82) is 0 Å². The number of aryl methyl sites for hydroxylation is 1. The van der Waals surface area contributed by atoms with Gasteiger partial charge in [0.25, 0.3) is 0 Å². The fourth-order valence-corrected chi connectivity index (χ4v) is 3.29. The molecule has 100 valence electrons. The predicted octanol–water partition coefficient (Wildman–Crippen LogP) is 5.13. The molecule has 1 saturated carbocycles. The average Bonchev–Trinajstić information content (AvgIpc) is 2.32. The third-order valence-corrected chi connectivity index (χ3v) is 4.50. The van der Waals surface area contributed by atoms with E-state index in [0.29, 0.717) is 4.47 Å². The van der Waals surface area contributed by atoms with Crippen LogP contribution in [0, 0.1) is 24.6 Å². The lowest BCUT2D eigenvalue weighted by Gasteiger charge is -2.27. The zero-order valence-corrected chi connectivity index (χ0v) is 12.7. The number of benzene rings is 1. The van der Waals surface area contributed by atoms with Crippen molar-refractivity contribution >= 4 is 21.6 Å². The van der Waals surface area contributed by atoms with Gasteiger partial charge >= 0.3 is 0 Å². The molecule has 0 aliphatic heterocycles. The van der Waals surface area contributed by atoms with Gasteiger partial charge in [0, 0.05) is 12.2 Å². The number of nitrogens with one attached hydrogen (secondary N) is 1. The van der Waals surface area contributed by atoms with Gasteiger partial charge in [0.1, 0.15) is 5.82 Å². The van der Waals surface area contributed by atoms with Crippen LogP contribution in [-0.2, 0) is 0 Å². The summed E-state index contributed by atoms with van der Waals surface area (Å²) >= 11 is 3.21. The first-order valence-corrected chi connectivity index (χ1v) is 7.55. The summed E-state index contributed by atoms with van der Waals surface area (Å²) in [6.07, 6.45) is 5.30. The Morgan fingerprint density at radius 3 is 2.89 bits per heavy atom. The van der Waals surface area contributed by atoms with Crippen molar-refractivity contribution in [3.05, 3.63) is 28.0 Å². The van der Waals surface area contributed by atoms with Crippen LogP contribution in [0.3, 0.4) is 0 Å². The number of anilines is 1. The quantitative estimate of drug-likeness (QED) is 0.815. The fraction of sp³-hybridized carbons (Fsp3) is 0.600. The maximum Gasteiger partial charge on any atom is 0.139 e. The van der Waals surface area contributed by atoms with Crippen molar-refractivity contribution in [2.75, 3.05) is 11.9 Å². The minimum atomic E-state index is -0.194. The predicted molar refractivity (Wildman–Crippen MR) is 78.4 cm³/mol. The minimum absolute atomic E-state index is 0.194. The molecule has 2 atom stereocenters. The van der Waals surface area contributed by atoms with Crippen LogP contribution in [0.4, 0.5) is 10.1 Å². The largest absolute Gasteiger partial charge is 0.384 e. The maximum atomic E-state index is 13.5. The number of rotatable bonds is 3. The highest BCUT2D eigenvalue weighted by molar-refractivity contribution is 9.10. The average molecular weight is 314 g/mol. The number of halogens is 2. The van der Waals surface area contributed by atoms with E-state index in [9.17, 15) is 4.39 Å². The zero-order valence-electron chi connectivity index (χ0n) is 11.1. The van der Waals surface area contributed by atoms with Crippen LogP contribution in [0.15, 0.2) is 16.6 Å². The van der Waals surface area contributed by atoms with Crippen LogP contribution in [-0.4, -0.2) is 6.54 Å². The molecular weight excluding hydrogens is 293 g/mol. The van der Waals surface area contributed by atoms with Gasteiger partial charge in [-0.2, -0.15) is 0 Å². The third kappa shape index (κ3) is 3.47. The normalized spacial score (nSPS) is 24.0. The van der Waals surface area contributed by atoms with E-state index in [1.165, 1.54) is 25.7 Å². The van der Waals surface area contributed by atoms with Gasteiger partial charge in [-0.15, -0.1) is 0 Å². The van der Waals surface area contributed by atoms with E-state index in [2.05, 4.69) is 28.2 Å². The monoisotopic (exact) mass is 313 g/mol. The third-order valence-electron chi connectivity index (χ3n) is 3.89. The molecule has 18 heavy (non-hydrogen) atoms. The Bertz CT molecular complexity index is 419. The van der Waals surface area contributed by atoms with Crippen LogP contribution in [0.5, 0.6) is 0 Å². The second-order valence-electron chi connectivity index (χ2n) is 5.60. The van der Waals surface area contributed by atoms with Gasteiger partial charge in [-0.1, -0.05) is 19.8 Å². The van der Waals surface area contributed by atoms with E-state index < -0.39 is 0 Å². The van der Waals surface area contributed by atoms with Gasteiger partial charge in [-0.25, -0.2) is 4.39 Å². The van der Waals surface area contributed by atoms with E-state index in [4.69, 9.17) is 0 Å². The molecule has 1 aromatic rings. The molecule has 1 aromatic carbocycles. The fourth-order valence-electron chi connectivity index (χ4n) is 2.84. The lowest BCUT2D eigenvalue weighted by molar-refractivity contribution is 0.293. The Hall–Kier alpha value is -0.570. The Morgan fingerprint density at radius 1 is 1.39 bits per heavy atom. The van der Waals surface area contributed by atoms with E-state index in [-0.39, 0.29) is 5.82 Å². The molecule has 0 heterocycles. The highest BCUT2D eigenvalue weighted by Crippen LogP contribution is 2.30. The summed E-state index contributed by atoms with van der Waals surface area (Å²) in [5.74, 6) is 1.38. The molecule has 1 N–H and O–H groups in total. The van der Waals surface area contributed by atoms with Gasteiger partial charge in [0.15, 0.2) is 0 Å². The lowest BCUT2D eigenvalue weighted by atomic mass is 9.82. The van der Waals surface area contributed by atoms with Crippen LogP contribution in [0.1, 0.15) is 38.2 Å². The summed E-state index contributed by atoms with van der Waals surface area (Å²) in [5, 5.41) is 3.41. The maximum absolute atomic E-state index is 13.5. The van der Waals surface area contributed by atoms with Crippen molar-refractivity contribution in [3.63, 3.8) is 0 Å². The Balaban J connectivity index is 1.95. The standard InChI is InChI=1S/C15H21BrFN/c1-10-4-3-5-12(6-10)9-18-15-8-14(17)13(16)7-11(15)2/h7-8,10,12,18H,3-6,9H2,1-2H3. The smallest absolute Gasteiger partial charge is 0.139 e. The minimum Gasteiger partial charge on any atom is -0.384 e. The summed E-state index contributed by atoms with van der Waals surface area (Å²) in [6, 6.07) is 3.42. The van der Waals surface area contributed by atoms with Gasteiger partial charge < -0.3 is 5.32 Å².